The predicted molar refractivity (Wildman–Crippen MR) is 150 cm³/mol. The van der Waals surface area contributed by atoms with Gasteiger partial charge in [0.15, 0.2) is 0 Å². The maximum atomic E-state index is 13.6. The van der Waals surface area contributed by atoms with Gasteiger partial charge in [-0.05, 0) is 60.6 Å². The maximum absolute atomic E-state index is 13.6. The van der Waals surface area contributed by atoms with Crippen LogP contribution in [0, 0.1) is 5.82 Å². The Labute approximate surface area is 239 Å². The third kappa shape index (κ3) is 8.91. The van der Waals surface area contributed by atoms with E-state index in [1.807, 2.05) is 24.3 Å². The van der Waals surface area contributed by atoms with Crippen LogP contribution in [0.5, 0.6) is 5.75 Å². The van der Waals surface area contributed by atoms with Gasteiger partial charge in [0.25, 0.3) is 0 Å². The van der Waals surface area contributed by atoms with E-state index < -0.39 is 35.7 Å². The predicted octanol–water partition coefficient (Wildman–Crippen LogP) is 9.53. The second-order valence-electron chi connectivity index (χ2n) is 10.9. The van der Waals surface area contributed by atoms with Crippen molar-refractivity contribution in [3.05, 3.63) is 59.4 Å². The Hall–Kier alpha value is -1.68. The van der Waals surface area contributed by atoms with E-state index in [9.17, 15) is 35.7 Å². The van der Waals surface area contributed by atoms with Crippen molar-refractivity contribution in [1.82, 2.24) is 0 Å². The Balaban J connectivity index is 1.38. The lowest BCUT2D eigenvalue weighted by Gasteiger charge is -2.43. The summed E-state index contributed by atoms with van der Waals surface area (Å²) in [5.41, 5.74) is 2.16. The van der Waals surface area contributed by atoms with E-state index in [0.29, 0.717) is 12.2 Å². The molecule has 0 saturated heterocycles. The van der Waals surface area contributed by atoms with Gasteiger partial charge in [0.1, 0.15) is 11.6 Å². The summed E-state index contributed by atoms with van der Waals surface area (Å²) < 4.78 is 88.0. The minimum absolute atomic E-state index is 0.134. The summed E-state index contributed by atoms with van der Waals surface area (Å²) >= 11 is 1.72. The minimum atomic E-state index is -5.55. The molecule has 0 bridgehead atoms. The molecule has 0 spiro atoms. The molecular formula is C30H38F6O2S2. The Morgan fingerprint density at radius 2 is 1.50 bits per heavy atom. The zero-order chi connectivity index (χ0) is 29.4. The van der Waals surface area contributed by atoms with Gasteiger partial charge in [0.05, 0.1) is 0 Å². The Morgan fingerprint density at radius 1 is 0.900 bits per heavy atom. The van der Waals surface area contributed by atoms with Gasteiger partial charge in [-0.25, -0.2) is 4.39 Å². The van der Waals surface area contributed by atoms with Crippen LogP contribution in [0.15, 0.2) is 47.4 Å². The lowest BCUT2D eigenvalue weighted by Crippen LogP contribution is -2.36. The third-order valence-electron chi connectivity index (χ3n) is 7.82. The molecule has 224 valence electrons. The van der Waals surface area contributed by atoms with Crippen LogP contribution < -0.4 is 0 Å². The fraction of sp³-hybridized carbons (Fsp3) is 0.600. The fourth-order valence-corrected chi connectivity index (χ4v) is 7.99. The van der Waals surface area contributed by atoms with Crippen molar-refractivity contribution < 1.29 is 35.7 Å². The number of halogens is 6. The highest BCUT2D eigenvalue weighted by atomic mass is 32.2. The van der Waals surface area contributed by atoms with Crippen molar-refractivity contribution in [3.8, 4) is 5.75 Å². The molecule has 2 nitrogen and oxygen atoms in total. The van der Waals surface area contributed by atoms with Gasteiger partial charge < -0.3 is 5.11 Å². The van der Waals surface area contributed by atoms with Crippen molar-refractivity contribution >= 4 is 22.6 Å². The molecular weight excluding hydrogens is 570 g/mol. The molecule has 3 rings (SSSR count). The molecule has 0 aromatic heterocycles. The summed E-state index contributed by atoms with van der Waals surface area (Å²) in [6.45, 7) is 2.24. The van der Waals surface area contributed by atoms with Crippen LogP contribution in [0.4, 0.5) is 26.3 Å². The quantitative estimate of drug-likeness (QED) is 0.162. The first-order chi connectivity index (χ1) is 18.8. The van der Waals surface area contributed by atoms with E-state index in [4.69, 9.17) is 0 Å². The van der Waals surface area contributed by atoms with Crippen molar-refractivity contribution in [3.63, 3.8) is 0 Å². The molecule has 2 aromatic rings. The highest BCUT2D eigenvalue weighted by Crippen LogP contribution is 2.52. The molecule has 3 unspecified atom stereocenters. The summed E-state index contributed by atoms with van der Waals surface area (Å²) in [6, 6.07) is 12.3. The molecule has 0 aliphatic carbocycles. The molecule has 40 heavy (non-hydrogen) atoms. The fourth-order valence-electron chi connectivity index (χ4n) is 5.39. The molecule has 1 heterocycles. The SMILES string of the molecule is CC1(c2ccc(F)cc2)CSc2cc(O)ccc2C1CCCCCCCCCS(=O)CCCC(F)(F)C(F)(F)F. The molecule has 0 fully saturated rings. The number of hydrogen-bond acceptors (Lipinski definition) is 3. The van der Waals surface area contributed by atoms with Crippen LogP contribution in [-0.4, -0.2) is 38.7 Å². The molecule has 1 aliphatic rings. The van der Waals surface area contributed by atoms with Gasteiger partial charge in [0, 0.05) is 44.8 Å². The lowest BCUT2D eigenvalue weighted by atomic mass is 9.68. The van der Waals surface area contributed by atoms with Crippen LogP contribution in [0.1, 0.15) is 88.2 Å². The van der Waals surface area contributed by atoms with Crippen LogP contribution in [0.2, 0.25) is 0 Å². The van der Waals surface area contributed by atoms with Gasteiger partial charge in [-0.15, -0.1) is 11.8 Å². The zero-order valence-electron chi connectivity index (χ0n) is 22.8. The van der Waals surface area contributed by atoms with E-state index in [1.54, 1.807) is 17.8 Å². The largest absolute Gasteiger partial charge is 0.508 e. The van der Waals surface area contributed by atoms with Crippen molar-refractivity contribution in [1.29, 1.82) is 0 Å². The van der Waals surface area contributed by atoms with Crippen LogP contribution >= 0.6 is 11.8 Å². The highest BCUT2D eigenvalue weighted by molar-refractivity contribution is 7.99. The monoisotopic (exact) mass is 608 g/mol. The number of phenols is 1. The van der Waals surface area contributed by atoms with Gasteiger partial charge >= 0.3 is 12.1 Å². The van der Waals surface area contributed by atoms with E-state index in [2.05, 4.69) is 6.92 Å². The number of thioether (sulfide) groups is 1. The number of unbranched alkanes of at least 4 members (excludes halogenated alkanes) is 6. The smallest absolute Gasteiger partial charge is 0.453 e. The second kappa shape index (κ2) is 14.5. The average Bonchev–Trinajstić information content (AvgIpc) is 2.88. The number of rotatable bonds is 15. The second-order valence-corrected chi connectivity index (χ2v) is 13.6. The van der Waals surface area contributed by atoms with Crippen LogP contribution in [0.25, 0.3) is 0 Å². The first kappa shape index (κ1) is 32.8. The average molecular weight is 609 g/mol. The van der Waals surface area contributed by atoms with Gasteiger partial charge in [-0.3, -0.25) is 4.21 Å². The molecule has 2 aromatic carbocycles. The Kier molecular flexibility index (Phi) is 11.9. The zero-order valence-corrected chi connectivity index (χ0v) is 24.4. The van der Waals surface area contributed by atoms with E-state index >= 15 is 0 Å². The van der Waals surface area contributed by atoms with E-state index in [0.717, 1.165) is 61.2 Å². The molecule has 0 saturated carbocycles. The summed E-state index contributed by atoms with van der Waals surface area (Å²) in [5.74, 6) is -3.46. The number of phenolic OH excluding ortho intramolecular Hbond substituents is 1. The topological polar surface area (TPSA) is 37.3 Å². The molecule has 0 amide bonds. The first-order valence-electron chi connectivity index (χ1n) is 13.8. The summed E-state index contributed by atoms with van der Waals surface area (Å²) in [4.78, 5) is 1.09. The molecule has 10 heteroatoms. The van der Waals surface area contributed by atoms with E-state index in [1.165, 1.54) is 17.7 Å². The molecule has 0 radical (unpaired) electrons. The van der Waals surface area contributed by atoms with Crippen molar-refractivity contribution in [2.75, 3.05) is 17.3 Å². The van der Waals surface area contributed by atoms with Crippen LogP contribution in [0.3, 0.4) is 0 Å². The molecule has 1 N–H and O–H groups in total. The highest BCUT2D eigenvalue weighted by Gasteiger charge is 2.56. The number of hydrogen-bond donors (Lipinski definition) is 1. The number of alkyl halides is 5. The first-order valence-corrected chi connectivity index (χ1v) is 16.3. The Morgan fingerprint density at radius 3 is 2.15 bits per heavy atom. The van der Waals surface area contributed by atoms with Gasteiger partial charge in [-0.1, -0.05) is 63.6 Å². The van der Waals surface area contributed by atoms with Crippen molar-refractivity contribution in [2.24, 2.45) is 0 Å². The van der Waals surface area contributed by atoms with Gasteiger partial charge in [0.2, 0.25) is 0 Å². The minimum Gasteiger partial charge on any atom is -0.508 e. The summed E-state index contributed by atoms with van der Waals surface area (Å²) in [6.07, 6.45) is 0.305. The summed E-state index contributed by atoms with van der Waals surface area (Å²) in [5, 5.41) is 9.97. The maximum Gasteiger partial charge on any atom is 0.453 e. The standard InChI is InChI=1S/C30H38F6O2S2/c1-28(22-11-13-23(31)14-12-22)21-39-27-20-24(37)15-16-25(27)26(28)10-7-5-3-2-4-6-8-18-40(38)19-9-17-29(32,33)30(34,35)36/h11-16,20,26,37H,2-10,17-19,21H2,1H3. The third-order valence-corrected chi connectivity index (χ3v) is 10.7. The molecule has 3 atom stereocenters. The normalized spacial score (nSPS) is 20.3. The van der Waals surface area contributed by atoms with Gasteiger partial charge in [-0.2, -0.15) is 22.0 Å². The van der Waals surface area contributed by atoms with E-state index in [-0.39, 0.29) is 28.7 Å². The van der Waals surface area contributed by atoms with Crippen molar-refractivity contribution in [2.45, 2.75) is 99.5 Å². The van der Waals surface area contributed by atoms with Crippen LogP contribution in [-0.2, 0) is 16.2 Å². The number of aromatic hydroxyl groups is 1. The Bertz CT molecular complexity index is 1110. The molecule has 1 aliphatic heterocycles. The number of benzene rings is 2. The lowest BCUT2D eigenvalue weighted by molar-refractivity contribution is -0.284. The summed E-state index contributed by atoms with van der Waals surface area (Å²) in [7, 11) is -1.38. The number of fused-ring (bicyclic) bond motifs is 1.